The zero-order valence-corrected chi connectivity index (χ0v) is 19.3. The maximum absolute atomic E-state index is 12.9. The van der Waals surface area contributed by atoms with Gasteiger partial charge in [-0.15, -0.1) is 0 Å². The number of nitrogens with zero attached hydrogens (tertiary/aromatic N) is 1. The van der Waals surface area contributed by atoms with Crippen molar-refractivity contribution in [2.45, 2.75) is 19.7 Å². The standard InChI is InChI=1S/C26H20ClF3N2O3/c1-2-34-24-13-17(9-10-23(24)35-16-18-5-3-7-21(27)12-18)11-19(15-31)25(33)32-22-8-4-6-20(14-22)26(28,29)30/h3-14H,2,16H2,1H3,(H,32,33)/b19-11+. The van der Waals surface area contributed by atoms with E-state index in [1.165, 1.54) is 18.2 Å². The Balaban J connectivity index is 1.79. The number of hydrogen-bond donors (Lipinski definition) is 1. The van der Waals surface area contributed by atoms with Crippen molar-refractivity contribution < 1.29 is 27.4 Å². The van der Waals surface area contributed by atoms with Crippen molar-refractivity contribution in [3.63, 3.8) is 0 Å². The van der Waals surface area contributed by atoms with Crippen molar-refractivity contribution in [1.29, 1.82) is 5.26 Å². The molecule has 0 radical (unpaired) electrons. The molecule has 0 bridgehead atoms. The first-order chi connectivity index (χ1) is 16.7. The molecule has 0 heterocycles. The van der Waals surface area contributed by atoms with Crippen molar-refractivity contribution in [3.8, 4) is 17.6 Å². The average molecular weight is 501 g/mol. The first-order valence-electron chi connectivity index (χ1n) is 10.4. The molecule has 1 N–H and O–H groups in total. The van der Waals surface area contributed by atoms with Crippen LogP contribution in [0, 0.1) is 11.3 Å². The fourth-order valence-electron chi connectivity index (χ4n) is 3.08. The largest absolute Gasteiger partial charge is 0.490 e. The Hall–Kier alpha value is -3.96. The molecule has 35 heavy (non-hydrogen) atoms. The third kappa shape index (κ3) is 7.26. The van der Waals surface area contributed by atoms with Gasteiger partial charge >= 0.3 is 6.18 Å². The van der Waals surface area contributed by atoms with Gasteiger partial charge in [0.15, 0.2) is 11.5 Å². The highest BCUT2D eigenvalue weighted by Gasteiger charge is 2.30. The van der Waals surface area contributed by atoms with E-state index in [1.54, 1.807) is 43.3 Å². The van der Waals surface area contributed by atoms with Crippen LogP contribution < -0.4 is 14.8 Å². The topological polar surface area (TPSA) is 71.3 Å². The second kappa shape index (κ2) is 11.4. The Morgan fingerprint density at radius 3 is 2.51 bits per heavy atom. The van der Waals surface area contributed by atoms with Gasteiger partial charge in [0.05, 0.1) is 12.2 Å². The lowest BCUT2D eigenvalue weighted by Gasteiger charge is -2.13. The molecule has 3 aromatic rings. The fraction of sp³-hybridized carbons (Fsp3) is 0.154. The van der Waals surface area contributed by atoms with Crippen LogP contribution in [-0.2, 0) is 17.6 Å². The van der Waals surface area contributed by atoms with Crippen LogP contribution in [0.4, 0.5) is 18.9 Å². The van der Waals surface area contributed by atoms with Gasteiger partial charge in [-0.2, -0.15) is 18.4 Å². The molecule has 0 spiro atoms. The molecular weight excluding hydrogens is 481 g/mol. The van der Waals surface area contributed by atoms with Gasteiger partial charge in [0, 0.05) is 10.7 Å². The van der Waals surface area contributed by atoms with Gasteiger partial charge in [-0.1, -0.05) is 35.9 Å². The van der Waals surface area contributed by atoms with E-state index in [0.29, 0.717) is 28.7 Å². The summed E-state index contributed by atoms with van der Waals surface area (Å²) in [5.41, 5.74) is 0.0527. The van der Waals surface area contributed by atoms with Gasteiger partial charge in [0.25, 0.3) is 5.91 Å². The Bertz CT molecular complexity index is 1280. The van der Waals surface area contributed by atoms with E-state index in [9.17, 15) is 23.2 Å². The molecule has 3 rings (SSSR count). The van der Waals surface area contributed by atoms with Gasteiger partial charge in [-0.3, -0.25) is 4.79 Å². The van der Waals surface area contributed by atoms with E-state index in [4.69, 9.17) is 21.1 Å². The quantitative estimate of drug-likeness (QED) is 0.270. The van der Waals surface area contributed by atoms with Crippen molar-refractivity contribution in [2.75, 3.05) is 11.9 Å². The van der Waals surface area contributed by atoms with Gasteiger partial charge in [-0.05, 0) is 66.6 Å². The van der Waals surface area contributed by atoms with Crippen molar-refractivity contribution in [3.05, 3.63) is 94.0 Å². The van der Waals surface area contributed by atoms with Crippen molar-refractivity contribution in [1.82, 2.24) is 0 Å². The number of rotatable bonds is 8. The summed E-state index contributed by atoms with van der Waals surface area (Å²) in [6, 6.07) is 18.0. The van der Waals surface area contributed by atoms with Crippen LogP contribution in [0.1, 0.15) is 23.6 Å². The highest BCUT2D eigenvalue weighted by atomic mass is 35.5. The summed E-state index contributed by atoms with van der Waals surface area (Å²) in [5, 5.41) is 12.4. The summed E-state index contributed by atoms with van der Waals surface area (Å²) in [6.07, 6.45) is -3.24. The monoisotopic (exact) mass is 500 g/mol. The summed E-state index contributed by atoms with van der Waals surface area (Å²) in [6.45, 7) is 2.40. The highest BCUT2D eigenvalue weighted by Crippen LogP contribution is 2.32. The minimum absolute atomic E-state index is 0.0780. The smallest absolute Gasteiger partial charge is 0.416 e. The van der Waals surface area contributed by atoms with Crippen molar-refractivity contribution in [2.24, 2.45) is 0 Å². The third-order valence-electron chi connectivity index (χ3n) is 4.67. The molecule has 0 atom stereocenters. The number of nitrogens with one attached hydrogen (secondary N) is 1. The summed E-state index contributed by atoms with van der Waals surface area (Å²) in [7, 11) is 0. The molecule has 0 saturated heterocycles. The van der Waals surface area contributed by atoms with E-state index in [1.807, 2.05) is 12.1 Å². The fourth-order valence-corrected chi connectivity index (χ4v) is 3.29. The summed E-state index contributed by atoms with van der Waals surface area (Å²) < 4.78 is 50.2. The number of alkyl halides is 3. The zero-order chi connectivity index (χ0) is 25.4. The summed E-state index contributed by atoms with van der Waals surface area (Å²) in [4.78, 5) is 12.5. The van der Waals surface area contributed by atoms with E-state index in [2.05, 4.69) is 5.32 Å². The second-order valence-corrected chi connectivity index (χ2v) is 7.70. The van der Waals surface area contributed by atoms with Crippen molar-refractivity contribution >= 4 is 29.3 Å². The number of amides is 1. The normalized spacial score (nSPS) is 11.5. The van der Waals surface area contributed by atoms with E-state index >= 15 is 0 Å². The number of carbonyl (C=O) groups is 1. The number of carbonyl (C=O) groups excluding carboxylic acids is 1. The molecule has 9 heteroatoms. The van der Waals surface area contributed by atoms with E-state index in [0.717, 1.165) is 17.7 Å². The first-order valence-corrected chi connectivity index (χ1v) is 10.8. The lowest BCUT2D eigenvalue weighted by molar-refractivity contribution is -0.137. The Kier molecular flexibility index (Phi) is 8.39. The summed E-state index contributed by atoms with van der Waals surface area (Å²) in [5.74, 6) is 0.0146. The molecule has 0 aliphatic heterocycles. The molecule has 0 fully saturated rings. The Labute approximate surface area is 205 Å². The SMILES string of the molecule is CCOc1cc(/C=C(\C#N)C(=O)Nc2cccc(C(F)(F)F)c2)ccc1OCc1cccc(Cl)c1. The number of anilines is 1. The Morgan fingerprint density at radius 1 is 1.06 bits per heavy atom. The molecule has 0 unspecified atom stereocenters. The molecule has 0 aliphatic carbocycles. The molecule has 0 aromatic heterocycles. The predicted molar refractivity (Wildman–Crippen MR) is 127 cm³/mol. The van der Waals surface area contributed by atoms with Gasteiger partial charge < -0.3 is 14.8 Å². The lowest BCUT2D eigenvalue weighted by Crippen LogP contribution is -2.14. The van der Waals surface area contributed by atoms with Crippen LogP contribution in [-0.4, -0.2) is 12.5 Å². The van der Waals surface area contributed by atoms with E-state index < -0.39 is 17.6 Å². The molecule has 180 valence electrons. The molecule has 3 aromatic carbocycles. The number of halogens is 4. The number of nitriles is 1. The van der Waals surface area contributed by atoms with Crippen LogP contribution in [0.15, 0.2) is 72.3 Å². The van der Waals surface area contributed by atoms with Gasteiger partial charge in [-0.25, -0.2) is 0 Å². The van der Waals surface area contributed by atoms with Gasteiger partial charge in [0.2, 0.25) is 0 Å². The molecule has 5 nitrogen and oxygen atoms in total. The number of hydrogen-bond acceptors (Lipinski definition) is 4. The van der Waals surface area contributed by atoms with Crippen LogP contribution in [0.5, 0.6) is 11.5 Å². The molecule has 0 saturated carbocycles. The maximum Gasteiger partial charge on any atom is 0.416 e. The maximum atomic E-state index is 12.9. The van der Waals surface area contributed by atoms with Crippen LogP contribution in [0.2, 0.25) is 5.02 Å². The number of benzene rings is 3. The highest BCUT2D eigenvalue weighted by molar-refractivity contribution is 6.30. The molecule has 1 amide bonds. The second-order valence-electron chi connectivity index (χ2n) is 7.26. The van der Waals surface area contributed by atoms with Crippen LogP contribution in [0.3, 0.4) is 0 Å². The first kappa shape index (κ1) is 25.7. The number of ether oxygens (including phenoxy) is 2. The minimum atomic E-state index is -4.55. The van der Waals surface area contributed by atoms with Gasteiger partial charge in [0.1, 0.15) is 18.2 Å². The lowest BCUT2D eigenvalue weighted by atomic mass is 10.1. The minimum Gasteiger partial charge on any atom is -0.490 e. The molecule has 0 aliphatic rings. The predicted octanol–water partition coefficient (Wildman–Crippen LogP) is 6.88. The van der Waals surface area contributed by atoms with Crippen LogP contribution in [0.25, 0.3) is 6.08 Å². The summed E-state index contributed by atoms with van der Waals surface area (Å²) >= 11 is 6.00. The van der Waals surface area contributed by atoms with E-state index in [-0.39, 0.29) is 17.9 Å². The molecular formula is C26H20ClF3N2O3. The zero-order valence-electron chi connectivity index (χ0n) is 18.5. The third-order valence-corrected chi connectivity index (χ3v) is 4.91. The average Bonchev–Trinajstić information content (AvgIpc) is 2.82. The Morgan fingerprint density at radius 2 is 1.83 bits per heavy atom. The van der Waals surface area contributed by atoms with Crippen LogP contribution >= 0.6 is 11.6 Å².